The quantitative estimate of drug-likeness (QED) is 0.854. The summed E-state index contributed by atoms with van der Waals surface area (Å²) in [5, 5.41) is 2.86. The molecule has 0 saturated carbocycles. The maximum atomic E-state index is 12.2. The molecule has 0 aliphatic heterocycles. The first kappa shape index (κ1) is 12.6. The number of carbonyl (C=O) groups excluding carboxylic acids is 1. The summed E-state index contributed by atoms with van der Waals surface area (Å²) in [6.07, 6.45) is 3.31. The molecule has 1 amide bonds. The Morgan fingerprint density at radius 1 is 1.22 bits per heavy atom. The monoisotopic (exact) mass is 258 g/mol. The van der Waals surface area contributed by atoms with E-state index in [0.717, 1.165) is 16.3 Å². The van der Waals surface area contributed by atoms with E-state index in [4.69, 9.17) is 0 Å². The molecule has 0 radical (unpaired) electrons. The molecule has 0 unspecified atom stereocenters. The third-order valence-corrected chi connectivity index (χ3v) is 3.33. The fraction of sp³-hybridized carbons (Fsp3) is 0.143. The molecule has 0 atom stereocenters. The lowest BCUT2D eigenvalue weighted by atomic mass is 10.2. The van der Waals surface area contributed by atoms with E-state index in [1.807, 2.05) is 24.3 Å². The molecule has 1 N–H and O–H groups in total. The Labute approximate surface area is 111 Å². The lowest BCUT2D eigenvalue weighted by molar-refractivity contribution is 0.102. The lowest BCUT2D eigenvalue weighted by Gasteiger charge is -2.08. The van der Waals surface area contributed by atoms with Gasteiger partial charge < -0.3 is 5.32 Å². The number of carbonyl (C=O) groups is 1. The van der Waals surface area contributed by atoms with E-state index < -0.39 is 0 Å². The average Bonchev–Trinajstić information content (AvgIpc) is 2.41. The number of benzene rings is 1. The number of nitrogens with one attached hydrogen (secondary N) is 1. The van der Waals surface area contributed by atoms with Gasteiger partial charge in [0.25, 0.3) is 5.91 Å². The minimum atomic E-state index is -0.0854. The predicted octanol–water partition coefficient (Wildman–Crippen LogP) is 3.45. The minimum Gasteiger partial charge on any atom is -0.322 e. The standard InChI is InChI=1S/C14H14N2OS/c1-2-18-13-6-4-3-5-12(13)14(17)16-11-7-9-15-10-8-11/h3-10H,2H2,1H3,(H,15,16,17). The van der Waals surface area contributed by atoms with Crippen LogP contribution in [0.25, 0.3) is 0 Å². The normalized spacial score (nSPS) is 10.1. The first-order chi connectivity index (χ1) is 8.81. The van der Waals surface area contributed by atoms with Crippen LogP contribution in [0.2, 0.25) is 0 Å². The molecule has 1 heterocycles. The van der Waals surface area contributed by atoms with E-state index in [1.54, 1.807) is 36.3 Å². The Kier molecular flexibility index (Phi) is 4.36. The van der Waals surface area contributed by atoms with Gasteiger partial charge in [-0.05, 0) is 30.0 Å². The number of hydrogen-bond donors (Lipinski definition) is 1. The molecule has 0 fully saturated rings. The molecular formula is C14H14N2OS. The Morgan fingerprint density at radius 3 is 2.67 bits per heavy atom. The Hall–Kier alpha value is -1.81. The van der Waals surface area contributed by atoms with Crippen molar-refractivity contribution in [2.24, 2.45) is 0 Å². The summed E-state index contributed by atoms with van der Waals surface area (Å²) in [7, 11) is 0. The van der Waals surface area contributed by atoms with Gasteiger partial charge in [-0.25, -0.2) is 0 Å². The number of pyridine rings is 1. The molecule has 1 aromatic carbocycles. The number of anilines is 1. The van der Waals surface area contributed by atoms with Gasteiger partial charge in [0.05, 0.1) is 5.56 Å². The van der Waals surface area contributed by atoms with E-state index >= 15 is 0 Å². The van der Waals surface area contributed by atoms with Gasteiger partial charge in [-0.2, -0.15) is 0 Å². The van der Waals surface area contributed by atoms with Crippen LogP contribution in [0, 0.1) is 0 Å². The molecule has 0 aliphatic rings. The summed E-state index contributed by atoms with van der Waals surface area (Å²) in [4.78, 5) is 17.1. The smallest absolute Gasteiger partial charge is 0.256 e. The maximum absolute atomic E-state index is 12.2. The highest BCUT2D eigenvalue weighted by atomic mass is 32.2. The maximum Gasteiger partial charge on any atom is 0.256 e. The highest BCUT2D eigenvalue weighted by Crippen LogP contribution is 2.23. The van der Waals surface area contributed by atoms with Crippen molar-refractivity contribution in [1.29, 1.82) is 0 Å². The highest BCUT2D eigenvalue weighted by molar-refractivity contribution is 7.99. The van der Waals surface area contributed by atoms with Crippen LogP contribution in [0.15, 0.2) is 53.7 Å². The van der Waals surface area contributed by atoms with Gasteiger partial charge in [0, 0.05) is 23.0 Å². The first-order valence-corrected chi connectivity index (χ1v) is 6.73. The van der Waals surface area contributed by atoms with Crippen molar-refractivity contribution in [3.05, 3.63) is 54.4 Å². The van der Waals surface area contributed by atoms with Crippen LogP contribution in [0.1, 0.15) is 17.3 Å². The zero-order valence-electron chi connectivity index (χ0n) is 10.1. The molecule has 3 nitrogen and oxygen atoms in total. The SMILES string of the molecule is CCSc1ccccc1C(=O)Nc1ccncc1. The van der Waals surface area contributed by atoms with E-state index in [-0.39, 0.29) is 5.91 Å². The van der Waals surface area contributed by atoms with Crippen molar-refractivity contribution in [1.82, 2.24) is 4.98 Å². The fourth-order valence-electron chi connectivity index (χ4n) is 1.57. The lowest BCUT2D eigenvalue weighted by Crippen LogP contribution is -2.12. The Bertz CT molecular complexity index is 528. The molecule has 0 spiro atoms. The van der Waals surface area contributed by atoms with Crippen LogP contribution < -0.4 is 5.32 Å². The number of rotatable bonds is 4. The van der Waals surface area contributed by atoms with Gasteiger partial charge in [0.15, 0.2) is 0 Å². The van der Waals surface area contributed by atoms with Crippen LogP contribution in [-0.2, 0) is 0 Å². The van der Waals surface area contributed by atoms with Crippen LogP contribution in [0.5, 0.6) is 0 Å². The van der Waals surface area contributed by atoms with Crippen LogP contribution >= 0.6 is 11.8 Å². The molecular weight excluding hydrogens is 244 g/mol. The summed E-state index contributed by atoms with van der Waals surface area (Å²) < 4.78 is 0. The molecule has 4 heteroatoms. The second kappa shape index (κ2) is 6.21. The van der Waals surface area contributed by atoms with Crippen molar-refractivity contribution >= 4 is 23.4 Å². The summed E-state index contributed by atoms with van der Waals surface area (Å²) in [6, 6.07) is 11.2. The van der Waals surface area contributed by atoms with Crippen LogP contribution in [-0.4, -0.2) is 16.6 Å². The Balaban J connectivity index is 2.19. The van der Waals surface area contributed by atoms with E-state index in [2.05, 4.69) is 17.2 Å². The number of hydrogen-bond acceptors (Lipinski definition) is 3. The summed E-state index contributed by atoms with van der Waals surface area (Å²) >= 11 is 1.67. The third kappa shape index (κ3) is 3.11. The van der Waals surface area contributed by atoms with Gasteiger partial charge >= 0.3 is 0 Å². The second-order valence-electron chi connectivity index (χ2n) is 3.62. The van der Waals surface area contributed by atoms with Crippen molar-refractivity contribution in [2.45, 2.75) is 11.8 Å². The minimum absolute atomic E-state index is 0.0854. The molecule has 2 rings (SSSR count). The van der Waals surface area contributed by atoms with Gasteiger partial charge in [-0.3, -0.25) is 9.78 Å². The van der Waals surface area contributed by atoms with E-state index in [9.17, 15) is 4.79 Å². The fourth-order valence-corrected chi connectivity index (χ4v) is 2.37. The summed E-state index contributed by atoms with van der Waals surface area (Å²) in [5.74, 6) is 0.859. The Morgan fingerprint density at radius 2 is 1.94 bits per heavy atom. The zero-order valence-corrected chi connectivity index (χ0v) is 10.9. The molecule has 0 aliphatic carbocycles. The van der Waals surface area contributed by atoms with Gasteiger partial charge in [-0.1, -0.05) is 19.1 Å². The molecule has 0 bridgehead atoms. The zero-order chi connectivity index (χ0) is 12.8. The summed E-state index contributed by atoms with van der Waals surface area (Å²) in [6.45, 7) is 2.07. The second-order valence-corrected chi connectivity index (χ2v) is 4.93. The van der Waals surface area contributed by atoms with Gasteiger partial charge in [-0.15, -0.1) is 11.8 Å². The van der Waals surface area contributed by atoms with Gasteiger partial charge in [0.1, 0.15) is 0 Å². The number of amides is 1. The molecule has 2 aromatic rings. The van der Waals surface area contributed by atoms with Crippen molar-refractivity contribution in [3.63, 3.8) is 0 Å². The average molecular weight is 258 g/mol. The largest absolute Gasteiger partial charge is 0.322 e. The van der Waals surface area contributed by atoms with Crippen LogP contribution in [0.3, 0.4) is 0 Å². The predicted molar refractivity (Wildman–Crippen MR) is 75.0 cm³/mol. The van der Waals surface area contributed by atoms with Crippen molar-refractivity contribution < 1.29 is 4.79 Å². The van der Waals surface area contributed by atoms with Crippen LogP contribution in [0.4, 0.5) is 5.69 Å². The first-order valence-electron chi connectivity index (χ1n) is 5.74. The number of aromatic nitrogens is 1. The summed E-state index contributed by atoms with van der Waals surface area (Å²) in [5.41, 5.74) is 1.47. The topological polar surface area (TPSA) is 42.0 Å². The van der Waals surface area contributed by atoms with Gasteiger partial charge in [0.2, 0.25) is 0 Å². The van der Waals surface area contributed by atoms with Crippen molar-refractivity contribution in [3.8, 4) is 0 Å². The molecule has 1 aromatic heterocycles. The number of thioether (sulfide) groups is 1. The molecule has 92 valence electrons. The highest BCUT2D eigenvalue weighted by Gasteiger charge is 2.10. The van der Waals surface area contributed by atoms with E-state index in [0.29, 0.717) is 5.56 Å². The van der Waals surface area contributed by atoms with E-state index in [1.165, 1.54) is 0 Å². The molecule has 18 heavy (non-hydrogen) atoms. The molecule has 0 saturated heterocycles. The number of nitrogens with zero attached hydrogens (tertiary/aromatic N) is 1. The van der Waals surface area contributed by atoms with Crippen molar-refractivity contribution in [2.75, 3.05) is 11.1 Å². The third-order valence-electron chi connectivity index (χ3n) is 2.37.